The predicted octanol–water partition coefficient (Wildman–Crippen LogP) is 1.46. The third-order valence-corrected chi connectivity index (χ3v) is 2.10. The molecule has 0 amide bonds. The second kappa shape index (κ2) is 4.76. The minimum Gasteiger partial charge on any atom is -0.468 e. The van der Waals surface area contributed by atoms with E-state index in [1.165, 1.54) is 0 Å². The molecule has 5 nitrogen and oxygen atoms in total. The lowest BCUT2D eigenvalue weighted by Crippen LogP contribution is -1.98. The van der Waals surface area contributed by atoms with Crippen molar-refractivity contribution in [3.8, 4) is 17.0 Å². The molecule has 1 aromatic heterocycles. The van der Waals surface area contributed by atoms with Gasteiger partial charge in [0.2, 0.25) is 0 Å². The second-order valence-electron chi connectivity index (χ2n) is 3.35. The first kappa shape index (κ1) is 10.6. The SMILES string of the molecule is COCOc1ccc(-c2cn(C)nn2)cc1. The van der Waals surface area contributed by atoms with Gasteiger partial charge in [-0.3, -0.25) is 4.68 Å². The molecule has 0 radical (unpaired) electrons. The quantitative estimate of drug-likeness (QED) is 0.730. The maximum Gasteiger partial charge on any atom is 0.188 e. The van der Waals surface area contributed by atoms with E-state index in [1.807, 2.05) is 37.5 Å². The van der Waals surface area contributed by atoms with Crippen LogP contribution in [0.1, 0.15) is 0 Å². The van der Waals surface area contributed by atoms with Crippen molar-refractivity contribution in [3.63, 3.8) is 0 Å². The van der Waals surface area contributed by atoms with Crippen LogP contribution in [-0.2, 0) is 11.8 Å². The molecule has 0 atom stereocenters. The molecule has 0 saturated carbocycles. The fraction of sp³-hybridized carbons (Fsp3) is 0.273. The average molecular weight is 219 g/mol. The van der Waals surface area contributed by atoms with E-state index in [1.54, 1.807) is 11.8 Å². The summed E-state index contributed by atoms with van der Waals surface area (Å²) in [6, 6.07) is 7.64. The Balaban J connectivity index is 2.13. The lowest BCUT2D eigenvalue weighted by atomic mass is 10.2. The van der Waals surface area contributed by atoms with Crippen LogP contribution in [0.3, 0.4) is 0 Å². The number of nitrogens with zero attached hydrogens (tertiary/aromatic N) is 3. The van der Waals surface area contributed by atoms with Gasteiger partial charge in [0.25, 0.3) is 0 Å². The zero-order chi connectivity index (χ0) is 11.4. The summed E-state index contributed by atoms with van der Waals surface area (Å²) in [7, 11) is 3.43. The molecule has 0 aliphatic heterocycles. The van der Waals surface area contributed by atoms with Crippen molar-refractivity contribution in [1.82, 2.24) is 15.0 Å². The highest BCUT2D eigenvalue weighted by Crippen LogP contribution is 2.19. The zero-order valence-electron chi connectivity index (χ0n) is 9.25. The largest absolute Gasteiger partial charge is 0.468 e. The zero-order valence-corrected chi connectivity index (χ0v) is 9.25. The van der Waals surface area contributed by atoms with E-state index >= 15 is 0 Å². The van der Waals surface area contributed by atoms with Gasteiger partial charge in [0.15, 0.2) is 6.79 Å². The molecule has 0 unspecified atom stereocenters. The van der Waals surface area contributed by atoms with Crippen molar-refractivity contribution in [3.05, 3.63) is 30.5 Å². The Morgan fingerprint density at radius 3 is 2.56 bits per heavy atom. The Hall–Kier alpha value is -1.88. The third kappa shape index (κ3) is 2.38. The molecule has 1 heterocycles. The number of aryl methyl sites for hydroxylation is 1. The number of aromatic nitrogens is 3. The van der Waals surface area contributed by atoms with Gasteiger partial charge in [-0.2, -0.15) is 0 Å². The highest BCUT2D eigenvalue weighted by molar-refractivity contribution is 5.58. The van der Waals surface area contributed by atoms with Crippen LogP contribution in [0, 0.1) is 0 Å². The minimum absolute atomic E-state index is 0.254. The molecule has 0 spiro atoms. The van der Waals surface area contributed by atoms with Crippen molar-refractivity contribution in [2.75, 3.05) is 13.9 Å². The molecule has 2 aromatic rings. The molecule has 0 aliphatic carbocycles. The van der Waals surface area contributed by atoms with Crippen LogP contribution in [0.15, 0.2) is 30.5 Å². The monoisotopic (exact) mass is 219 g/mol. The van der Waals surface area contributed by atoms with Gasteiger partial charge in [-0.05, 0) is 24.3 Å². The summed E-state index contributed by atoms with van der Waals surface area (Å²) in [6.07, 6.45) is 1.87. The van der Waals surface area contributed by atoms with E-state index in [4.69, 9.17) is 9.47 Å². The number of hydrogen-bond donors (Lipinski definition) is 0. The highest BCUT2D eigenvalue weighted by Gasteiger charge is 2.02. The van der Waals surface area contributed by atoms with Crippen LogP contribution in [0.4, 0.5) is 0 Å². The van der Waals surface area contributed by atoms with Crippen LogP contribution in [0.25, 0.3) is 11.3 Å². The Labute approximate surface area is 93.6 Å². The molecular formula is C11H13N3O2. The lowest BCUT2D eigenvalue weighted by molar-refractivity contribution is 0.0511. The standard InChI is InChI=1S/C11H13N3O2/c1-14-7-11(12-13-14)9-3-5-10(6-4-9)16-8-15-2/h3-7H,8H2,1-2H3. The van der Waals surface area contributed by atoms with Gasteiger partial charge in [0.1, 0.15) is 11.4 Å². The summed E-state index contributed by atoms with van der Waals surface area (Å²) in [5, 5.41) is 7.91. The summed E-state index contributed by atoms with van der Waals surface area (Å²) in [5.74, 6) is 0.773. The molecule has 0 bridgehead atoms. The van der Waals surface area contributed by atoms with Crippen molar-refractivity contribution < 1.29 is 9.47 Å². The van der Waals surface area contributed by atoms with Crippen molar-refractivity contribution in [2.45, 2.75) is 0 Å². The molecule has 0 N–H and O–H groups in total. The smallest absolute Gasteiger partial charge is 0.188 e. The summed E-state index contributed by atoms with van der Waals surface area (Å²) in [5.41, 5.74) is 1.86. The van der Waals surface area contributed by atoms with Gasteiger partial charge in [-0.1, -0.05) is 5.21 Å². The molecule has 84 valence electrons. The fourth-order valence-corrected chi connectivity index (χ4v) is 1.33. The maximum absolute atomic E-state index is 5.29. The lowest BCUT2D eigenvalue weighted by Gasteiger charge is -2.04. The first-order chi connectivity index (χ1) is 7.79. The van der Waals surface area contributed by atoms with Gasteiger partial charge < -0.3 is 9.47 Å². The predicted molar refractivity (Wildman–Crippen MR) is 58.9 cm³/mol. The summed E-state index contributed by atoms with van der Waals surface area (Å²) >= 11 is 0. The number of benzene rings is 1. The van der Waals surface area contributed by atoms with E-state index < -0.39 is 0 Å². The van der Waals surface area contributed by atoms with Crippen molar-refractivity contribution in [1.29, 1.82) is 0 Å². The number of hydrogen-bond acceptors (Lipinski definition) is 4. The molecule has 1 aromatic carbocycles. The first-order valence-corrected chi connectivity index (χ1v) is 4.88. The normalized spacial score (nSPS) is 10.4. The van der Waals surface area contributed by atoms with Gasteiger partial charge in [-0.25, -0.2) is 0 Å². The molecule has 5 heteroatoms. The first-order valence-electron chi connectivity index (χ1n) is 4.88. The molecular weight excluding hydrogens is 206 g/mol. The Bertz CT molecular complexity index is 451. The number of methoxy groups -OCH3 is 1. The molecule has 0 fully saturated rings. The Kier molecular flexibility index (Phi) is 3.16. The highest BCUT2D eigenvalue weighted by atomic mass is 16.7. The topological polar surface area (TPSA) is 49.2 Å². The second-order valence-corrected chi connectivity index (χ2v) is 3.35. The Morgan fingerprint density at radius 2 is 2.00 bits per heavy atom. The van der Waals surface area contributed by atoms with Crippen LogP contribution < -0.4 is 4.74 Å². The van der Waals surface area contributed by atoms with Gasteiger partial charge in [0, 0.05) is 19.7 Å². The molecule has 16 heavy (non-hydrogen) atoms. The van der Waals surface area contributed by atoms with Crippen molar-refractivity contribution >= 4 is 0 Å². The summed E-state index contributed by atoms with van der Waals surface area (Å²) in [4.78, 5) is 0. The van der Waals surface area contributed by atoms with Crippen LogP contribution >= 0.6 is 0 Å². The van der Waals surface area contributed by atoms with Crippen LogP contribution in [0.5, 0.6) is 5.75 Å². The van der Waals surface area contributed by atoms with Gasteiger partial charge in [-0.15, -0.1) is 5.10 Å². The maximum atomic E-state index is 5.29. The fourth-order valence-electron chi connectivity index (χ4n) is 1.33. The molecule has 0 aliphatic rings. The number of rotatable bonds is 4. The summed E-state index contributed by atoms with van der Waals surface area (Å²) in [6.45, 7) is 0.254. The number of ether oxygens (including phenoxy) is 2. The van der Waals surface area contributed by atoms with E-state index in [0.29, 0.717) is 0 Å². The van der Waals surface area contributed by atoms with E-state index in [2.05, 4.69) is 10.3 Å². The van der Waals surface area contributed by atoms with E-state index in [0.717, 1.165) is 17.0 Å². The van der Waals surface area contributed by atoms with E-state index in [-0.39, 0.29) is 6.79 Å². The van der Waals surface area contributed by atoms with E-state index in [9.17, 15) is 0 Å². The van der Waals surface area contributed by atoms with Crippen molar-refractivity contribution in [2.24, 2.45) is 7.05 Å². The van der Waals surface area contributed by atoms with Crippen LogP contribution in [0.2, 0.25) is 0 Å². The minimum atomic E-state index is 0.254. The molecule has 0 saturated heterocycles. The van der Waals surface area contributed by atoms with Crippen LogP contribution in [-0.4, -0.2) is 28.9 Å². The summed E-state index contributed by atoms with van der Waals surface area (Å²) < 4.78 is 11.8. The average Bonchev–Trinajstić information content (AvgIpc) is 2.74. The van der Waals surface area contributed by atoms with Gasteiger partial charge in [0.05, 0.1) is 6.20 Å². The third-order valence-electron chi connectivity index (χ3n) is 2.10. The van der Waals surface area contributed by atoms with Gasteiger partial charge >= 0.3 is 0 Å². The Morgan fingerprint density at radius 1 is 1.25 bits per heavy atom. The molecule has 2 rings (SSSR count).